The Labute approximate surface area is 153 Å². The van der Waals surface area contributed by atoms with E-state index in [1.165, 1.54) is 17.2 Å². The van der Waals surface area contributed by atoms with Crippen LogP contribution in [0.25, 0.3) is 11.2 Å². The summed E-state index contributed by atoms with van der Waals surface area (Å²) in [5, 5.41) is 30.1. The minimum absolute atomic E-state index is 0.0799. The van der Waals surface area contributed by atoms with Gasteiger partial charge in [-0.05, 0) is 12.2 Å². The first-order valence-electron chi connectivity index (χ1n) is 7.86. The van der Waals surface area contributed by atoms with Crippen LogP contribution in [0.1, 0.15) is 19.1 Å². The number of anilines is 1. The fraction of sp³-hybridized carbons (Fsp3) is 0.571. The highest BCUT2D eigenvalue weighted by atomic mass is 32.1. The number of carboxylic acids is 1. The number of carboxylic acid groups (broad SMARTS) is 1. The van der Waals surface area contributed by atoms with Crippen molar-refractivity contribution in [1.82, 2.24) is 19.5 Å². The molecule has 0 unspecified atom stereocenters. The number of aliphatic carboxylic acids is 1. The van der Waals surface area contributed by atoms with Gasteiger partial charge >= 0.3 is 5.97 Å². The van der Waals surface area contributed by atoms with Crippen molar-refractivity contribution in [2.75, 3.05) is 11.5 Å². The number of imidazole rings is 1. The molecule has 1 fully saturated rings. The number of nitrogens with zero attached hydrogens (tertiary/aromatic N) is 4. The third-order valence-electron chi connectivity index (χ3n) is 4.55. The van der Waals surface area contributed by atoms with Crippen molar-refractivity contribution in [3.05, 3.63) is 12.7 Å². The molecule has 2 aromatic rings. The summed E-state index contributed by atoms with van der Waals surface area (Å²) in [7, 11) is 0. The van der Waals surface area contributed by atoms with E-state index in [0.29, 0.717) is 11.2 Å². The second-order valence-electron chi connectivity index (χ2n) is 6.27. The summed E-state index contributed by atoms with van der Waals surface area (Å²) in [6.45, 7) is 0. The molecule has 5 atom stereocenters. The Bertz CT molecular complexity index is 818. The Balaban J connectivity index is 1.87. The number of fused-ring (bicyclic) bond motifs is 1. The zero-order valence-corrected chi connectivity index (χ0v) is 14.5. The van der Waals surface area contributed by atoms with Crippen molar-refractivity contribution in [2.45, 2.75) is 42.9 Å². The zero-order chi connectivity index (χ0) is 19.1. The molecule has 0 aromatic carbocycles. The van der Waals surface area contributed by atoms with E-state index in [0.717, 1.165) is 0 Å². The van der Waals surface area contributed by atoms with E-state index in [4.69, 9.17) is 16.2 Å². The Morgan fingerprint density at radius 2 is 2.08 bits per heavy atom. The van der Waals surface area contributed by atoms with Gasteiger partial charge in [-0.1, -0.05) is 0 Å². The maximum absolute atomic E-state index is 11.5. The number of nitrogens with two attached hydrogens (primary N) is 2. The first-order valence-corrected chi connectivity index (χ1v) is 8.49. The Kier molecular flexibility index (Phi) is 5.03. The van der Waals surface area contributed by atoms with E-state index >= 15 is 0 Å². The van der Waals surface area contributed by atoms with Gasteiger partial charge in [-0.3, -0.25) is 9.36 Å². The molecule has 11 nitrogen and oxygen atoms in total. The van der Waals surface area contributed by atoms with Crippen LogP contribution in [-0.4, -0.2) is 70.4 Å². The van der Waals surface area contributed by atoms with Gasteiger partial charge in [0.25, 0.3) is 0 Å². The molecule has 12 heteroatoms. The number of carbonyl (C=O) groups is 1. The van der Waals surface area contributed by atoms with Gasteiger partial charge < -0.3 is 31.5 Å². The van der Waals surface area contributed by atoms with Crippen molar-refractivity contribution in [3.8, 4) is 0 Å². The maximum Gasteiger partial charge on any atom is 0.323 e. The lowest BCUT2D eigenvalue weighted by Crippen LogP contribution is -2.52. The topological polar surface area (TPSA) is 183 Å². The molecule has 3 rings (SSSR count). The van der Waals surface area contributed by atoms with E-state index in [2.05, 4.69) is 27.6 Å². The molecule has 2 aromatic heterocycles. The summed E-state index contributed by atoms with van der Waals surface area (Å²) in [5.41, 5.74) is 10.7. The number of nitrogen functional groups attached to an aromatic ring is 1. The molecule has 0 radical (unpaired) electrons. The average Bonchev–Trinajstić information content (AvgIpc) is 3.12. The molecule has 0 bridgehead atoms. The van der Waals surface area contributed by atoms with Gasteiger partial charge in [-0.2, -0.15) is 12.6 Å². The summed E-state index contributed by atoms with van der Waals surface area (Å²) in [4.78, 5) is 23.5. The number of hydrogen-bond acceptors (Lipinski definition) is 10. The number of aliphatic hydroxyl groups excluding tert-OH is 2. The molecule has 1 aliphatic heterocycles. The second kappa shape index (κ2) is 6.96. The Morgan fingerprint density at radius 1 is 1.35 bits per heavy atom. The van der Waals surface area contributed by atoms with Crippen molar-refractivity contribution in [3.63, 3.8) is 0 Å². The van der Waals surface area contributed by atoms with Crippen molar-refractivity contribution >= 4 is 35.6 Å². The number of hydrogen-bond donors (Lipinski definition) is 6. The molecule has 3 heterocycles. The van der Waals surface area contributed by atoms with Gasteiger partial charge in [0.05, 0.1) is 12.4 Å². The lowest BCUT2D eigenvalue weighted by molar-refractivity contribution is -0.146. The van der Waals surface area contributed by atoms with Crippen LogP contribution >= 0.6 is 12.6 Å². The first kappa shape index (κ1) is 18.8. The quantitative estimate of drug-likeness (QED) is 0.321. The van der Waals surface area contributed by atoms with Gasteiger partial charge in [0.2, 0.25) is 0 Å². The van der Waals surface area contributed by atoms with Crippen LogP contribution in [0.15, 0.2) is 12.7 Å². The largest absolute Gasteiger partial charge is 0.480 e. The molecular weight excluding hydrogens is 364 g/mol. The highest BCUT2D eigenvalue weighted by molar-refractivity contribution is 7.80. The van der Waals surface area contributed by atoms with Gasteiger partial charge in [0.1, 0.15) is 29.6 Å². The molecule has 1 aliphatic rings. The molecule has 142 valence electrons. The number of aliphatic hydroxyl groups is 2. The summed E-state index contributed by atoms with van der Waals surface area (Å²) in [5.74, 6) is -0.812. The summed E-state index contributed by atoms with van der Waals surface area (Å²) in [6.07, 6.45) is -2.19. The number of ether oxygens (including phenoxy) is 1. The average molecular weight is 384 g/mol. The van der Waals surface area contributed by atoms with Crippen molar-refractivity contribution in [2.24, 2.45) is 5.73 Å². The van der Waals surface area contributed by atoms with Gasteiger partial charge in [-0.25, -0.2) is 15.0 Å². The standard InChI is InChI=1S/C14H20N6O5S/c15-10-7-11(18-4-17-10)20(5-19-7)12-9(22)8(21)6(25-12)3-14(16,1-2-26)13(23)24/h4-6,8-9,12,21-22,26H,1-3,16H2,(H,23,24)(H2,15,17,18)/t6-,8-,9-,12-,14-/m1/s1. The number of thiol groups is 1. The Morgan fingerprint density at radius 3 is 2.73 bits per heavy atom. The molecule has 0 saturated carbocycles. The predicted molar refractivity (Wildman–Crippen MR) is 93.3 cm³/mol. The monoisotopic (exact) mass is 384 g/mol. The summed E-state index contributed by atoms with van der Waals surface area (Å²) in [6, 6.07) is 0. The minimum Gasteiger partial charge on any atom is -0.480 e. The first-order chi connectivity index (χ1) is 12.3. The van der Waals surface area contributed by atoms with Crippen LogP contribution in [0.3, 0.4) is 0 Å². The van der Waals surface area contributed by atoms with Crippen LogP contribution in [0.4, 0.5) is 5.82 Å². The number of aromatic nitrogens is 4. The molecule has 26 heavy (non-hydrogen) atoms. The lowest BCUT2D eigenvalue weighted by atomic mass is 9.88. The molecule has 1 saturated heterocycles. The van der Waals surface area contributed by atoms with Crippen LogP contribution in [-0.2, 0) is 9.53 Å². The highest BCUT2D eigenvalue weighted by Crippen LogP contribution is 2.35. The highest BCUT2D eigenvalue weighted by Gasteiger charge is 2.48. The smallest absolute Gasteiger partial charge is 0.323 e. The van der Waals surface area contributed by atoms with Crippen molar-refractivity contribution < 1.29 is 24.9 Å². The van der Waals surface area contributed by atoms with Crippen molar-refractivity contribution in [1.29, 1.82) is 0 Å². The predicted octanol–water partition coefficient (Wildman–Crippen LogP) is -1.48. The van der Waals surface area contributed by atoms with E-state index in [-0.39, 0.29) is 24.4 Å². The van der Waals surface area contributed by atoms with Crippen LogP contribution in [0, 0.1) is 0 Å². The molecule has 0 aliphatic carbocycles. The fourth-order valence-electron chi connectivity index (χ4n) is 3.04. The van der Waals surface area contributed by atoms with Gasteiger partial charge in [0, 0.05) is 6.42 Å². The van der Waals surface area contributed by atoms with Crippen LogP contribution in [0.5, 0.6) is 0 Å². The second-order valence-corrected chi connectivity index (χ2v) is 6.72. The summed E-state index contributed by atoms with van der Waals surface area (Å²) < 4.78 is 7.14. The van der Waals surface area contributed by atoms with E-state index < -0.39 is 36.0 Å². The van der Waals surface area contributed by atoms with Crippen LogP contribution < -0.4 is 11.5 Å². The third-order valence-corrected chi connectivity index (χ3v) is 4.77. The third kappa shape index (κ3) is 3.10. The Hall–Kier alpha value is -1.99. The van der Waals surface area contributed by atoms with Gasteiger partial charge in [0.15, 0.2) is 17.7 Å². The molecular formula is C14H20N6O5S. The SMILES string of the molecule is Nc1ncnc2c1ncn2[C@@H]1O[C@H](C[C@](N)(CCS)C(=O)O)[C@@H](O)[C@H]1O. The van der Waals surface area contributed by atoms with E-state index in [9.17, 15) is 20.1 Å². The summed E-state index contributed by atoms with van der Waals surface area (Å²) >= 11 is 4.03. The zero-order valence-electron chi connectivity index (χ0n) is 13.6. The van der Waals surface area contributed by atoms with Gasteiger partial charge in [-0.15, -0.1) is 0 Å². The van der Waals surface area contributed by atoms with Crippen LogP contribution in [0.2, 0.25) is 0 Å². The molecule has 0 amide bonds. The normalized spacial score (nSPS) is 28.3. The molecule has 7 N–H and O–H groups in total. The van der Waals surface area contributed by atoms with E-state index in [1.807, 2.05) is 0 Å². The minimum atomic E-state index is -1.63. The lowest BCUT2D eigenvalue weighted by Gasteiger charge is -2.28. The molecule has 0 spiro atoms. The maximum atomic E-state index is 11.5. The fourth-order valence-corrected chi connectivity index (χ4v) is 3.44. The van der Waals surface area contributed by atoms with E-state index in [1.54, 1.807) is 0 Å². The number of rotatable bonds is 6.